The number of carbonyl (C=O) groups excluding carboxylic acids is 2. The molecule has 1 heterocycles. The van der Waals surface area contributed by atoms with E-state index < -0.39 is 17.8 Å². The molecule has 1 saturated carbocycles. The molecule has 1 aromatic heterocycles. The standard InChI is InChI=1S/C21H25NO5S/c1-2-9-27-21(26)17-13-5-3-4-6-14(13)28-19(17)22-18(23)15-11-7-8-12(10-11)16(15)20(24)25/h7-8,11-12,15-16H,2-6,9-10H2,1H3,(H,22,23)(H,24,25)/t11-,12-,15-,16+/m0/s1. The largest absolute Gasteiger partial charge is 0.481 e. The van der Waals surface area contributed by atoms with Crippen molar-refractivity contribution in [3.05, 3.63) is 28.2 Å². The molecule has 0 radical (unpaired) electrons. The Bertz CT molecular complexity index is 842. The molecule has 4 rings (SSSR count). The third kappa shape index (κ3) is 3.26. The molecule has 0 saturated heterocycles. The summed E-state index contributed by atoms with van der Waals surface area (Å²) < 4.78 is 5.37. The van der Waals surface area contributed by atoms with E-state index in [0.717, 1.165) is 42.5 Å². The normalized spacial score (nSPS) is 27.5. The maximum atomic E-state index is 13.1. The zero-order valence-electron chi connectivity index (χ0n) is 15.9. The summed E-state index contributed by atoms with van der Waals surface area (Å²) in [4.78, 5) is 38.6. The number of allylic oxidation sites excluding steroid dienone is 2. The van der Waals surface area contributed by atoms with Gasteiger partial charge in [-0.15, -0.1) is 11.3 Å². The molecule has 7 heteroatoms. The average molecular weight is 404 g/mol. The Morgan fingerprint density at radius 1 is 1.18 bits per heavy atom. The lowest BCUT2D eigenvalue weighted by molar-refractivity contribution is -0.146. The number of carboxylic acid groups (broad SMARTS) is 1. The highest BCUT2D eigenvalue weighted by atomic mass is 32.1. The number of aliphatic carboxylic acids is 1. The number of thiophene rings is 1. The Hall–Kier alpha value is -2.15. The van der Waals surface area contributed by atoms with Crippen LogP contribution in [-0.4, -0.2) is 29.6 Å². The number of nitrogens with one attached hydrogen (secondary N) is 1. The minimum Gasteiger partial charge on any atom is -0.481 e. The molecule has 28 heavy (non-hydrogen) atoms. The smallest absolute Gasteiger partial charge is 0.341 e. The number of ether oxygens (including phenoxy) is 1. The molecule has 0 unspecified atom stereocenters. The Morgan fingerprint density at radius 2 is 1.89 bits per heavy atom. The Kier molecular flexibility index (Phi) is 5.27. The van der Waals surface area contributed by atoms with Gasteiger partial charge in [-0.05, 0) is 55.9 Å². The van der Waals surface area contributed by atoms with E-state index in [0.29, 0.717) is 23.6 Å². The number of carbonyl (C=O) groups is 3. The van der Waals surface area contributed by atoms with E-state index in [1.165, 1.54) is 11.3 Å². The van der Waals surface area contributed by atoms with Gasteiger partial charge >= 0.3 is 11.9 Å². The Morgan fingerprint density at radius 3 is 2.61 bits per heavy atom. The summed E-state index contributed by atoms with van der Waals surface area (Å²) >= 11 is 1.44. The lowest BCUT2D eigenvalue weighted by Crippen LogP contribution is -2.36. The molecule has 0 aromatic carbocycles. The van der Waals surface area contributed by atoms with Gasteiger partial charge in [-0.3, -0.25) is 9.59 Å². The first-order chi connectivity index (χ1) is 13.5. The van der Waals surface area contributed by atoms with Gasteiger partial charge in [-0.2, -0.15) is 0 Å². The van der Waals surface area contributed by atoms with Crippen LogP contribution >= 0.6 is 11.3 Å². The second kappa shape index (κ2) is 7.70. The number of hydrogen-bond donors (Lipinski definition) is 2. The average Bonchev–Trinajstić information content (AvgIpc) is 3.37. The first kappa shape index (κ1) is 19.2. The van der Waals surface area contributed by atoms with E-state index in [1.54, 1.807) is 0 Å². The number of carboxylic acids is 1. The molecule has 1 amide bonds. The van der Waals surface area contributed by atoms with Crippen molar-refractivity contribution in [1.29, 1.82) is 0 Å². The van der Waals surface area contributed by atoms with Gasteiger partial charge < -0.3 is 15.2 Å². The molecule has 6 nitrogen and oxygen atoms in total. The van der Waals surface area contributed by atoms with Crippen LogP contribution < -0.4 is 5.32 Å². The summed E-state index contributed by atoms with van der Waals surface area (Å²) in [5.41, 5.74) is 1.47. The SMILES string of the molecule is CCCOC(=O)c1c(NC(=O)[C@@H]2[C@H](C(=O)O)[C@H]3C=C[C@H]2C3)sc2c1CCCC2. The predicted octanol–water partition coefficient (Wildman–Crippen LogP) is 3.66. The number of rotatable bonds is 6. The second-order valence-electron chi connectivity index (χ2n) is 7.88. The zero-order chi connectivity index (χ0) is 19.8. The van der Waals surface area contributed by atoms with Crippen LogP contribution in [0.25, 0.3) is 0 Å². The fourth-order valence-corrected chi connectivity index (χ4v) is 6.13. The van der Waals surface area contributed by atoms with Gasteiger partial charge in [0.15, 0.2) is 0 Å². The van der Waals surface area contributed by atoms with Crippen molar-refractivity contribution >= 4 is 34.2 Å². The first-order valence-electron chi connectivity index (χ1n) is 10.0. The van der Waals surface area contributed by atoms with Crippen LogP contribution in [0.1, 0.15) is 53.4 Å². The number of esters is 1. The lowest BCUT2D eigenvalue weighted by Gasteiger charge is -2.23. The summed E-state index contributed by atoms with van der Waals surface area (Å²) in [6, 6.07) is 0. The highest BCUT2D eigenvalue weighted by molar-refractivity contribution is 7.17. The summed E-state index contributed by atoms with van der Waals surface area (Å²) in [5, 5.41) is 13.0. The minimum absolute atomic E-state index is 0.0452. The third-order valence-electron chi connectivity index (χ3n) is 6.10. The van der Waals surface area contributed by atoms with Crippen molar-refractivity contribution in [3.8, 4) is 0 Å². The summed E-state index contributed by atoms with van der Waals surface area (Å²) in [6.07, 6.45) is 9.13. The van der Waals surface area contributed by atoms with Gasteiger partial charge in [0.05, 0.1) is 24.0 Å². The molecule has 1 aromatic rings. The van der Waals surface area contributed by atoms with E-state index in [1.807, 2.05) is 19.1 Å². The molecule has 4 atom stereocenters. The number of aryl methyl sites for hydroxylation is 1. The molecular weight excluding hydrogens is 378 g/mol. The molecule has 0 spiro atoms. The van der Waals surface area contributed by atoms with Crippen LogP contribution in [0.15, 0.2) is 12.2 Å². The summed E-state index contributed by atoms with van der Waals surface area (Å²) in [7, 11) is 0. The van der Waals surface area contributed by atoms with Crippen molar-refractivity contribution in [1.82, 2.24) is 0 Å². The van der Waals surface area contributed by atoms with E-state index in [2.05, 4.69) is 5.32 Å². The van der Waals surface area contributed by atoms with Gasteiger partial charge in [0.1, 0.15) is 5.00 Å². The van der Waals surface area contributed by atoms with Crippen molar-refractivity contribution in [2.75, 3.05) is 11.9 Å². The Labute approximate surface area is 168 Å². The monoisotopic (exact) mass is 403 g/mol. The second-order valence-corrected chi connectivity index (χ2v) is 8.98. The number of anilines is 1. The zero-order valence-corrected chi connectivity index (χ0v) is 16.7. The molecule has 1 fully saturated rings. The summed E-state index contributed by atoms with van der Waals surface area (Å²) in [6.45, 7) is 2.28. The topological polar surface area (TPSA) is 92.7 Å². The quantitative estimate of drug-likeness (QED) is 0.559. The fraction of sp³-hybridized carbons (Fsp3) is 0.571. The first-order valence-corrected chi connectivity index (χ1v) is 10.9. The van der Waals surface area contributed by atoms with Crippen LogP contribution in [0.3, 0.4) is 0 Å². The highest BCUT2D eigenvalue weighted by Crippen LogP contribution is 2.49. The molecule has 150 valence electrons. The molecule has 0 aliphatic heterocycles. The molecule has 2 bridgehead atoms. The van der Waals surface area contributed by atoms with Gasteiger partial charge in [0, 0.05) is 4.88 Å². The van der Waals surface area contributed by atoms with Crippen LogP contribution in [-0.2, 0) is 27.2 Å². The predicted molar refractivity (Wildman–Crippen MR) is 106 cm³/mol. The van der Waals surface area contributed by atoms with Crippen molar-refractivity contribution in [2.24, 2.45) is 23.7 Å². The molecule has 2 N–H and O–H groups in total. The third-order valence-corrected chi connectivity index (χ3v) is 7.30. The Balaban J connectivity index is 1.61. The van der Waals surface area contributed by atoms with Gasteiger partial charge in [0.25, 0.3) is 0 Å². The van der Waals surface area contributed by atoms with E-state index in [4.69, 9.17) is 4.74 Å². The molecular formula is C21H25NO5S. The van der Waals surface area contributed by atoms with E-state index in [9.17, 15) is 19.5 Å². The highest BCUT2D eigenvalue weighted by Gasteiger charge is 2.51. The van der Waals surface area contributed by atoms with Gasteiger partial charge in [-0.1, -0.05) is 19.1 Å². The van der Waals surface area contributed by atoms with Gasteiger partial charge in [-0.25, -0.2) is 4.79 Å². The molecule has 3 aliphatic rings. The van der Waals surface area contributed by atoms with Crippen LogP contribution in [0, 0.1) is 23.7 Å². The number of hydrogen-bond acceptors (Lipinski definition) is 5. The van der Waals surface area contributed by atoms with Crippen LogP contribution in [0.4, 0.5) is 5.00 Å². The van der Waals surface area contributed by atoms with Crippen molar-refractivity contribution < 1.29 is 24.2 Å². The van der Waals surface area contributed by atoms with Crippen LogP contribution in [0.5, 0.6) is 0 Å². The molecule has 3 aliphatic carbocycles. The maximum absolute atomic E-state index is 13.1. The van der Waals surface area contributed by atoms with Crippen LogP contribution in [0.2, 0.25) is 0 Å². The summed E-state index contributed by atoms with van der Waals surface area (Å²) in [5.74, 6) is -3.03. The lowest BCUT2D eigenvalue weighted by atomic mass is 9.82. The van der Waals surface area contributed by atoms with Gasteiger partial charge in [0.2, 0.25) is 5.91 Å². The van der Waals surface area contributed by atoms with Crippen molar-refractivity contribution in [2.45, 2.75) is 45.4 Å². The van der Waals surface area contributed by atoms with E-state index >= 15 is 0 Å². The maximum Gasteiger partial charge on any atom is 0.341 e. The minimum atomic E-state index is -0.926. The fourth-order valence-electron chi connectivity index (χ4n) is 4.85. The number of fused-ring (bicyclic) bond motifs is 3. The van der Waals surface area contributed by atoms with Crippen molar-refractivity contribution in [3.63, 3.8) is 0 Å². The number of amides is 1. The van der Waals surface area contributed by atoms with E-state index in [-0.39, 0.29) is 23.7 Å².